The fraction of sp³-hybridized carbons (Fsp3) is 0.450. The van der Waals surface area contributed by atoms with Gasteiger partial charge in [0.2, 0.25) is 5.91 Å². The number of hydrogen-bond donors (Lipinski definition) is 1. The molecule has 0 saturated carbocycles. The van der Waals surface area contributed by atoms with E-state index in [4.69, 9.17) is 9.72 Å². The van der Waals surface area contributed by atoms with E-state index in [0.29, 0.717) is 17.0 Å². The van der Waals surface area contributed by atoms with Crippen molar-refractivity contribution in [2.75, 3.05) is 18.9 Å². The van der Waals surface area contributed by atoms with E-state index in [1.54, 1.807) is 16.3 Å². The summed E-state index contributed by atoms with van der Waals surface area (Å²) in [7, 11) is 0. The molecule has 2 aliphatic rings. The van der Waals surface area contributed by atoms with E-state index in [1.165, 1.54) is 11.8 Å². The SMILES string of the molecule is CC1Cc2nc(SCC(=O)NCC3CCCO3)n(-c3ccccc3)c(=O)c2S1. The Morgan fingerprint density at radius 2 is 2.21 bits per heavy atom. The summed E-state index contributed by atoms with van der Waals surface area (Å²) < 4.78 is 7.16. The van der Waals surface area contributed by atoms with Crippen LogP contribution in [0.25, 0.3) is 5.69 Å². The zero-order valence-electron chi connectivity index (χ0n) is 15.7. The van der Waals surface area contributed by atoms with Crippen LogP contribution in [0.1, 0.15) is 25.5 Å². The fourth-order valence-corrected chi connectivity index (χ4v) is 5.37. The average molecular weight is 418 g/mol. The minimum Gasteiger partial charge on any atom is -0.376 e. The largest absolute Gasteiger partial charge is 0.376 e. The molecule has 2 atom stereocenters. The van der Waals surface area contributed by atoms with Crippen molar-refractivity contribution in [3.63, 3.8) is 0 Å². The van der Waals surface area contributed by atoms with Gasteiger partial charge < -0.3 is 10.1 Å². The summed E-state index contributed by atoms with van der Waals surface area (Å²) in [4.78, 5) is 30.9. The Morgan fingerprint density at radius 3 is 2.96 bits per heavy atom. The number of amides is 1. The topological polar surface area (TPSA) is 73.2 Å². The van der Waals surface area contributed by atoms with Crippen LogP contribution in [0.3, 0.4) is 0 Å². The van der Waals surface area contributed by atoms with Gasteiger partial charge in [0.05, 0.1) is 28.1 Å². The lowest BCUT2D eigenvalue weighted by Gasteiger charge is -2.14. The molecule has 0 bridgehead atoms. The van der Waals surface area contributed by atoms with Gasteiger partial charge in [0.1, 0.15) is 0 Å². The van der Waals surface area contributed by atoms with Crippen LogP contribution in [0.4, 0.5) is 0 Å². The molecule has 1 amide bonds. The summed E-state index contributed by atoms with van der Waals surface area (Å²) in [5, 5.41) is 3.83. The van der Waals surface area contributed by atoms with Crippen molar-refractivity contribution in [1.82, 2.24) is 14.9 Å². The molecule has 1 fully saturated rings. The van der Waals surface area contributed by atoms with Gasteiger partial charge in [-0.2, -0.15) is 0 Å². The smallest absolute Gasteiger partial charge is 0.272 e. The molecule has 0 radical (unpaired) electrons. The Morgan fingerprint density at radius 1 is 1.39 bits per heavy atom. The van der Waals surface area contributed by atoms with Crippen LogP contribution in [0.2, 0.25) is 0 Å². The first-order chi connectivity index (χ1) is 13.6. The monoisotopic (exact) mass is 417 g/mol. The quantitative estimate of drug-likeness (QED) is 0.575. The minimum atomic E-state index is -0.0717. The average Bonchev–Trinajstić information content (AvgIpc) is 3.34. The maximum atomic E-state index is 13.1. The van der Waals surface area contributed by atoms with Crippen LogP contribution in [0.5, 0.6) is 0 Å². The zero-order chi connectivity index (χ0) is 19.5. The lowest BCUT2D eigenvalue weighted by atomic mass is 10.2. The summed E-state index contributed by atoms with van der Waals surface area (Å²) in [6.45, 7) is 3.41. The Labute approximate surface area is 172 Å². The molecule has 8 heteroatoms. The predicted octanol–water partition coefficient (Wildman–Crippen LogP) is 2.66. The molecule has 3 heterocycles. The number of hydrogen-bond acceptors (Lipinski definition) is 6. The number of carbonyl (C=O) groups excluding carboxylic acids is 1. The number of ether oxygens (including phenoxy) is 1. The lowest BCUT2D eigenvalue weighted by Crippen LogP contribution is -2.33. The number of fused-ring (bicyclic) bond motifs is 1. The first-order valence-corrected chi connectivity index (χ1v) is 11.4. The third kappa shape index (κ3) is 4.29. The maximum absolute atomic E-state index is 13.1. The number of rotatable bonds is 6. The molecule has 2 unspecified atom stereocenters. The molecule has 1 saturated heterocycles. The van der Waals surface area contributed by atoms with Crippen LogP contribution in [-0.4, -0.2) is 45.7 Å². The molecular formula is C20H23N3O3S2. The third-order valence-electron chi connectivity index (χ3n) is 4.78. The Bertz CT molecular complexity index is 911. The van der Waals surface area contributed by atoms with E-state index in [-0.39, 0.29) is 23.3 Å². The second kappa shape index (κ2) is 8.71. The normalized spacial score (nSPS) is 20.9. The second-order valence-corrected chi connectivity index (χ2v) is 9.40. The third-order valence-corrected chi connectivity index (χ3v) is 6.93. The molecule has 28 heavy (non-hydrogen) atoms. The number of carbonyl (C=O) groups is 1. The summed E-state index contributed by atoms with van der Waals surface area (Å²) in [5.74, 6) is 0.144. The maximum Gasteiger partial charge on any atom is 0.272 e. The molecule has 4 rings (SSSR count). The van der Waals surface area contributed by atoms with Crippen LogP contribution in [-0.2, 0) is 16.0 Å². The molecule has 1 aromatic heterocycles. The van der Waals surface area contributed by atoms with Gasteiger partial charge in [-0.25, -0.2) is 4.98 Å². The number of aromatic nitrogens is 2. The Balaban J connectivity index is 1.54. The van der Waals surface area contributed by atoms with Crippen molar-refractivity contribution >= 4 is 29.4 Å². The van der Waals surface area contributed by atoms with Crippen LogP contribution in [0, 0.1) is 0 Å². The Kier molecular flexibility index (Phi) is 6.08. The van der Waals surface area contributed by atoms with Gasteiger partial charge in [0.15, 0.2) is 5.16 Å². The predicted molar refractivity (Wildman–Crippen MR) is 112 cm³/mol. The van der Waals surface area contributed by atoms with Crippen molar-refractivity contribution in [3.8, 4) is 5.69 Å². The van der Waals surface area contributed by atoms with Crippen molar-refractivity contribution in [2.24, 2.45) is 0 Å². The molecule has 1 N–H and O–H groups in total. The zero-order valence-corrected chi connectivity index (χ0v) is 17.4. The van der Waals surface area contributed by atoms with Gasteiger partial charge in [-0.15, -0.1) is 11.8 Å². The highest BCUT2D eigenvalue weighted by atomic mass is 32.2. The van der Waals surface area contributed by atoms with E-state index < -0.39 is 0 Å². The molecule has 6 nitrogen and oxygen atoms in total. The highest BCUT2D eigenvalue weighted by Crippen LogP contribution is 2.34. The van der Waals surface area contributed by atoms with Crippen molar-refractivity contribution in [2.45, 2.75) is 47.6 Å². The highest BCUT2D eigenvalue weighted by Gasteiger charge is 2.27. The second-order valence-electron chi connectivity index (χ2n) is 7.01. The molecule has 2 aromatic rings. The molecule has 0 aliphatic carbocycles. The van der Waals surface area contributed by atoms with Gasteiger partial charge in [0, 0.05) is 24.8 Å². The molecule has 1 aromatic carbocycles. The summed E-state index contributed by atoms with van der Waals surface area (Å²) in [6.07, 6.45) is 2.94. The van der Waals surface area contributed by atoms with E-state index in [0.717, 1.165) is 42.1 Å². The molecule has 148 valence electrons. The van der Waals surface area contributed by atoms with E-state index in [2.05, 4.69) is 12.2 Å². The Hall–Kier alpha value is -1.77. The first-order valence-electron chi connectivity index (χ1n) is 9.51. The van der Waals surface area contributed by atoms with Gasteiger partial charge >= 0.3 is 0 Å². The number of nitrogens with one attached hydrogen (secondary N) is 1. The van der Waals surface area contributed by atoms with E-state index in [9.17, 15) is 9.59 Å². The van der Waals surface area contributed by atoms with Crippen molar-refractivity contribution in [3.05, 3.63) is 46.4 Å². The summed E-state index contributed by atoms with van der Waals surface area (Å²) >= 11 is 2.89. The number of benzene rings is 1. The molecule has 2 aliphatic heterocycles. The van der Waals surface area contributed by atoms with E-state index >= 15 is 0 Å². The summed E-state index contributed by atoms with van der Waals surface area (Å²) in [5.41, 5.74) is 1.56. The van der Waals surface area contributed by atoms with Crippen LogP contribution in [0.15, 0.2) is 45.2 Å². The van der Waals surface area contributed by atoms with Crippen LogP contribution < -0.4 is 10.9 Å². The lowest BCUT2D eigenvalue weighted by molar-refractivity contribution is -0.119. The van der Waals surface area contributed by atoms with Gasteiger partial charge in [0.25, 0.3) is 5.56 Å². The van der Waals surface area contributed by atoms with E-state index in [1.807, 2.05) is 30.3 Å². The highest BCUT2D eigenvalue weighted by molar-refractivity contribution is 8.00. The standard InChI is InChI=1S/C20H23N3O3S2/c1-13-10-16-18(28-13)19(25)23(14-6-3-2-4-7-14)20(22-16)27-12-17(24)21-11-15-8-5-9-26-15/h2-4,6-7,13,15H,5,8-12H2,1H3,(H,21,24). The van der Waals surface area contributed by atoms with Crippen molar-refractivity contribution < 1.29 is 9.53 Å². The number of nitrogens with zero attached hydrogens (tertiary/aromatic N) is 2. The van der Waals surface area contributed by atoms with Crippen LogP contribution >= 0.6 is 23.5 Å². The van der Waals surface area contributed by atoms with Gasteiger partial charge in [-0.3, -0.25) is 14.2 Å². The number of para-hydroxylation sites is 1. The minimum absolute atomic E-state index is 0.0483. The molecular weight excluding hydrogens is 394 g/mol. The first kappa shape index (κ1) is 19.5. The van der Waals surface area contributed by atoms with Crippen molar-refractivity contribution in [1.29, 1.82) is 0 Å². The van der Waals surface area contributed by atoms with Gasteiger partial charge in [-0.05, 0) is 25.0 Å². The molecule has 0 spiro atoms. The fourth-order valence-electron chi connectivity index (χ4n) is 3.42. The van der Waals surface area contributed by atoms with Gasteiger partial charge in [-0.1, -0.05) is 36.9 Å². The summed E-state index contributed by atoms with van der Waals surface area (Å²) in [6, 6.07) is 9.48. The number of thioether (sulfide) groups is 2.